The third kappa shape index (κ3) is 4.37. The van der Waals surface area contributed by atoms with Gasteiger partial charge in [-0.15, -0.1) is 0 Å². The van der Waals surface area contributed by atoms with Crippen molar-refractivity contribution in [3.8, 4) is 0 Å². The van der Waals surface area contributed by atoms with Gasteiger partial charge in [0.2, 0.25) is 0 Å². The minimum absolute atomic E-state index is 0.163. The maximum absolute atomic E-state index is 13.0. The smallest absolute Gasteiger partial charge is 0.137 e. The summed E-state index contributed by atoms with van der Waals surface area (Å²) in [6, 6.07) is 4.77. The first-order chi connectivity index (χ1) is 8.08. The van der Waals surface area contributed by atoms with Gasteiger partial charge in [0.25, 0.3) is 0 Å². The summed E-state index contributed by atoms with van der Waals surface area (Å²) in [5.74, 6) is -0.292. The zero-order chi connectivity index (χ0) is 12.8. The Morgan fingerprint density at radius 1 is 1.41 bits per heavy atom. The van der Waals surface area contributed by atoms with Crippen molar-refractivity contribution in [3.05, 3.63) is 34.1 Å². The van der Waals surface area contributed by atoms with E-state index in [1.165, 1.54) is 6.07 Å². The molecule has 0 amide bonds. The van der Waals surface area contributed by atoms with Crippen LogP contribution in [0.25, 0.3) is 0 Å². The fourth-order valence-electron chi connectivity index (χ4n) is 1.75. The van der Waals surface area contributed by atoms with Crippen LogP contribution in [0.1, 0.15) is 25.8 Å². The Hall–Kier alpha value is -0.450. The van der Waals surface area contributed by atoms with Gasteiger partial charge in [0.05, 0.1) is 16.7 Å². The minimum Gasteiger partial charge on any atom is -0.390 e. The average molecular weight is 305 g/mol. The molecule has 1 aromatic rings. The number of ether oxygens (including phenoxy) is 1. The molecule has 0 fully saturated rings. The highest BCUT2D eigenvalue weighted by molar-refractivity contribution is 9.10. The summed E-state index contributed by atoms with van der Waals surface area (Å²) in [5, 5.41) is 10.0. The second-order valence-corrected chi connectivity index (χ2v) is 4.78. The summed E-state index contributed by atoms with van der Waals surface area (Å²) in [5.41, 5.74) is 0.893. The molecule has 1 N–H and O–H groups in total. The predicted octanol–water partition coefficient (Wildman–Crippen LogP) is 3.31. The summed E-state index contributed by atoms with van der Waals surface area (Å²) in [7, 11) is 0. The van der Waals surface area contributed by atoms with E-state index >= 15 is 0 Å². The minimum atomic E-state index is -0.558. The van der Waals surface area contributed by atoms with Crippen molar-refractivity contribution >= 4 is 15.9 Å². The topological polar surface area (TPSA) is 29.5 Å². The molecule has 1 rings (SSSR count). The van der Waals surface area contributed by atoms with Crippen LogP contribution in [-0.4, -0.2) is 23.9 Å². The molecule has 2 atom stereocenters. The van der Waals surface area contributed by atoms with E-state index in [4.69, 9.17) is 4.74 Å². The van der Waals surface area contributed by atoms with Crippen LogP contribution >= 0.6 is 15.9 Å². The molecule has 0 aliphatic carbocycles. The average Bonchev–Trinajstić information content (AvgIpc) is 2.30. The van der Waals surface area contributed by atoms with Crippen LogP contribution in [0, 0.1) is 5.82 Å². The highest BCUT2D eigenvalue weighted by Crippen LogP contribution is 2.19. The van der Waals surface area contributed by atoms with Gasteiger partial charge in [0.15, 0.2) is 0 Å². The number of halogens is 2. The molecule has 96 valence electrons. The molecule has 17 heavy (non-hydrogen) atoms. The van der Waals surface area contributed by atoms with Gasteiger partial charge < -0.3 is 9.84 Å². The summed E-state index contributed by atoms with van der Waals surface area (Å²) in [6.45, 7) is 4.47. The molecular weight excluding hydrogens is 287 g/mol. The van der Waals surface area contributed by atoms with Crippen LogP contribution in [0.15, 0.2) is 22.7 Å². The van der Waals surface area contributed by atoms with Crippen molar-refractivity contribution in [1.29, 1.82) is 0 Å². The Kier molecular flexibility index (Phi) is 6.09. The standard InChI is InChI=1S/C13H18BrFO2/c1-3-13(17-4-2)12(16)8-9-5-6-11(15)10(14)7-9/h5-7,12-13,16H,3-4,8H2,1-2H3. The molecule has 0 spiro atoms. The second-order valence-electron chi connectivity index (χ2n) is 3.92. The van der Waals surface area contributed by atoms with Gasteiger partial charge in [-0.25, -0.2) is 4.39 Å². The zero-order valence-electron chi connectivity index (χ0n) is 10.1. The Morgan fingerprint density at radius 3 is 2.65 bits per heavy atom. The first-order valence-corrected chi connectivity index (χ1v) is 6.61. The Morgan fingerprint density at radius 2 is 2.12 bits per heavy atom. The fraction of sp³-hybridized carbons (Fsp3) is 0.538. The van der Waals surface area contributed by atoms with E-state index in [9.17, 15) is 9.50 Å². The van der Waals surface area contributed by atoms with Crippen molar-refractivity contribution < 1.29 is 14.2 Å². The van der Waals surface area contributed by atoms with Gasteiger partial charge in [0, 0.05) is 13.0 Å². The van der Waals surface area contributed by atoms with Crippen molar-refractivity contribution in [2.75, 3.05) is 6.61 Å². The van der Waals surface area contributed by atoms with Crippen molar-refractivity contribution in [3.63, 3.8) is 0 Å². The van der Waals surface area contributed by atoms with Gasteiger partial charge in [0.1, 0.15) is 5.82 Å². The molecule has 0 bridgehead atoms. The predicted molar refractivity (Wildman–Crippen MR) is 69.5 cm³/mol. The molecule has 4 heteroatoms. The highest BCUT2D eigenvalue weighted by Gasteiger charge is 2.18. The SMILES string of the molecule is CCOC(CC)C(O)Cc1ccc(F)c(Br)c1. The molecular formula is C13H18BrFO2. The van der Waals surface area contributed by atoms with E-state index < -0.39 is 6.10 Å². The maximum atomic E-state index is 13.0. The number of rotatable bonds is 6. The number of aliphatic hydroxyl groups excluding tert-OH is 1. The summed E-state index contributed by atoms with van der Waals surface area (Å²) in [4.78, 5) is 0. The summed E-state index contributed by atoms with van der Waals surface area (Å²) >= 11 is 3.13. The molecule has 1 aromatic carbocycles. The lowest BCUT2D eigenvalue weighted by atomic mass is 10.0. The lowest BCUT2D eigenvalue weighted by Gasteiger charge is -2.21. The Bertz CT molecular complexity index is 357. The van der Waals surface area contributed by atoms with E-state index in [0.29, 0.717) is 17.5 Å². The lowest BCUT2D eigenvalue weighted by molar-refractivity contribution is -0.0334. The van der Waals surface area contributed by atoms with Crippen molar-refractivity contribution in [1.82, 2.24) is 0 Å². The van der Waals surface area contributed by atoms with Gasteiger partial charge in [-0.05, 0) is 47.0 Å². The van der Waals surface area contributed by atoms with Gasteiger partial charge in [-0.2, -0.15) is 0 Å². The highest BCUT2D eigenvalue weighted by atomic mass is 79.9. The van der Waals surface area contributed by atoms with E-state index in [1.54, 1.807) is 12.1 Å². The normalized spacial score (nSPS) is 14.6. The Balaban J connectivity index is 2.66. The second kappa shape index (κ2) is 7.09. The van der Waals surface area contributed by atoms with E-state index in [0.717, 1.165) is 12.0 Å². The Labute approximate surface area is 110 Å². The molecule has 0 heterocycles. The third-order valence-corrected chi connectivity index (χ3v) is 3.25. The van der Waals surface area contributed by atoms with Gasteiger partial charge >= 0.3 is 0 Å². The molecule has 0 saturated heterocycles. The van der Waals surface area contributed by atoms with Crippen molar-refractivity contribution in [2.24, 2.45) is 0 Å². The first-order valence-electron chi connectivity index (χ1n) is 5.82. The number of benzene rings is 1. The molecule has 0 aliphatic rings. The maximum Gasteiger partial charge on any atom is 0.137 e. The van der Waals surface area contributed by atoms with E-state index in [1.807, 2.05) is 13.8 Å². The quantitative estimate of drug-likeness (QED) is 0.874. The number of aliphatic hydroxyl groups is 1. The molecule has 2 unspecified atom stereocenters. The number of hydrogen-bond acceptors (Lipinski definition) is 2. The first kappa shape index (κ1) is 14.6. The molecule has 0 radical (unpaired) electrons. The fourth-order valence-corrected chi connectivity index (χ4v) is 2.18. The molecule has 0 saturated carbocycles. The van der Waals surface area contributed by atoms with E-state index in [2.05, 4.69) is 15.9 Å². The van der Waals surface area contributed by atoms with Gasteiger partial charge in [-0.3, -0.25) is 0 Å². The van der Waals surface area contributed by atoms with Gasteiger partial charge in [-0.1, -0.05) is 13.0 Å². The van der Waals surface area contributed by atoms with Crippen LogP contribution in [0.5, 0.6) is 0 Å². The molecule has 0 aromatic heterocycles. The molecule has 0 aliphatic heterocycles. The van der Waals surface area contributed by atoms with Crippen molar-refractivity contribution in [2.45, 2.75) is 38.9 Å². The van der Waals surface area contributed by atoms with Crippen LogP contribution < -0.4 is 0 Å². The van der Waals surface area contributed by atoms with Crippen LogP contribution in [0.2, 0.25) is 0 Å². The molecule has 2 nitrogen and oxygen atoms in total. The largest absolute Gasteiger partial charge is 0.390 e. The third-order valence-electron chi connectivity index (χ3n) is 2.64. The number of hydrogen-bond donors (Lipinski definition) is 1. The van der Waals surface area contributed by atoms with Crippen LogP contribution in [0.3, 0.4) is 0 Å². The summed E-state index contributed by atoms with van der Waals surface area (Å²) < 4.78 is 18.9. The zero-order valence-corrected chi connectivity index (χ0v) is 11.7. The summed E-state index contributed by atoms with van der Waals surface area (Å²) in [6.07, 6.45) is 0.510. The van der Waals surface area contributed by atoms with Crippen LogP contribution in [-0.2, 0) is 11.2 Å². The van der Waals surface area contributed by atoms with Crippen LogP contribution in [0.4, 0.5) is 4.39 Å². The monoisotopic (exact) mass is 304 g/mol. The van der Waals surface area contributed by atoms with E-state index in [-0.39, 0.29) is 11.9 Å². The lowest BCUT2D eigenvalue weighted by Crippen LogP contribution is -2.30.